The molecule has 0 bridgehead atoms. The van der Waals surface area contributed by atoms with Gasteiger partial charge in [0.1, 0.15) is 5.75 Å². The normalized spacial score (nSPS) is 17.2. The number of hydrogen-bond acceptors (Lipinski definition) is 3. The van der Waals surface area contributed by atoms with Gasteiger partial charge in [0.15, 0.2) is 0 Å². The summed E-state index contributed by atoms with van der Waals surface area (Å²) in [5.41, 5.74) is 0.826. The fraction of sp³-hybridized carbons (Fsp3) is 0.533. The molecule has 1 saturated carbocycles. The third-order valence-electron chi connectivity index (χ3n) is 3.77. The molecular weight excluding hydrogens is 308 g/mol. The van der Waals surface area contributed by atoms with Crippen LogP contribution < -0.4 is 4.74 Å². The molecule has 0 aliphatic heterocycles. The Morgan fingerprint density at radius 3 is 2.42 bits per heavy atom. The maximum Gasteiger partial charge on any atom is 0.337 e. The summed E-state index contributed by atoms with van der Waals surface area (Å²) in [4.78, 5) is 11.3. The molecule has 0 spiro atoms. The van der Waals surface area contributed by atoms with E-state index < -0.39 is 0 Å². The second kappa shape index (κ2) is 6.42. The number of ether oxygens (including phenoxy) is 2. The van der Waals surface area contributed by atoms with E-state index in [1.165, 1.54) is 32.8 Å². The molecule has 2 rings (SSSR count). The molecular formula is C15H19BrO3. The molecule has 0 unspecified atom stereocenters. The predicted octanol–water partition coefficient (Wildman–Crippen LogP) is 3.81. The zero-order valence-corrected chi connectivity index (χ0v) is 12.7. The van der Waals surface area contributed by atoms with E-state index in [0.717, 1.165) is 17.7 Å². The van der Waals surface area contributed by atoms with Gasteiger partial charge >= 0.3 is 5.97 Å². The molecule has 0 aromatic heterocycles. The summed E-state index contributed by atoms with van der Waals surface area (Å²) in [6, 6.07) is 7.11. The Bertz CT molecular complexity index is 422. The van der Waals surface area contributed by atoms with Gasteiger partial charge in [0.2, 0.25) is 0 Å². The van der Waals surface area contributed by atoms with Crippen LogP contribution in [0, 0.1) is 5.41 Å². The summed E-state index contributed by atoms with van der Waals surface area (Å²) in [6.07, 6.45) is 5.02. The number of halogens is 1. The van der Waals surface area contributed by atoms with Gasteiger partial charge in [0.05, 0.1) is 19.3 Å². The van der Waals surface area contributed by atoms with Crippen molar-refractivity contribution >= 4 is 21.9 Å². The predicted molar refractivity (Wildman–Crippen MR) is 78.0 cm³/mol. The van der Waals surface area contributed by atoms with Crippen molar-refractivity contribution in [1.29, 1.82) is 0 Å². The highest BCUT2D eigenvalue weighted by Gasteiger charge is 2.33. The van der Waals surface area contributed by atoms with Crippen LogP contribution in [-0.4, -0.2) is 25.0 Å². The van der Waals surface area contributed by atoms with Gasteiger partial charge < -0.3 is 9.47 Å². The third-order valence-corrected chi connectivity index (χ3v) is 4.96. The van der Waals surface area contributed by atoms with Crippen LogP contribution in [0.1, 0.15) is 36.0 Å². The molecule has 1 fully saturated rings. The number of rotatable bonds is 5. The molecule has 104 valence electrons. The highest BCUT2D eigenvalue weighted by Crippen LogP contribution is 2.39. The SMILES string of the molecule is COC(=O)c1ccc(OCC2(CBr)CCCC2)cc1. The average Bonchev–Trinajstić information content (AvgIpc) is 2.94. The van der Waals surface area contributed by atoms with Gasteiger partial charge in [-0.15, -0.1) is 0 Å². The van der Waals surface area contributed by atoms with Crippen LogP contribution in [0.15, 0.2) is 24.3 Å². The Morgan fingerprint density at radius 1 is 1.26 bits per heavy atom. The van der Waals surface area contributed by atoms with E-state index in [0.29, 0.717) is 5.56 Å². The molecule has 1 aromatic rings. The topological polar surface area (TPSA) is 35.5 Å². The molecule has 0 radical (unpaired) electrons. The third kappa shape index (κ3) is 3.50. The van der Waals surface area contributed by atoms with Crippen molar-refractivity contribution in [3.8, 4) is 5.75 Å². The molecule has 1 aliphatic rings. The quantitative estimate of drug-likeness (QED) is 0.609. The monoisotopic (exact) mass is 326 g/mol. The molecule has 1 aliphatic carbocycles. The molecule has 4 heteroatoms. The molecule has 3 nitrogen and oxygen atoms in total. The van der Waals surface area contributed by atoms with Crippen LogP contribution >= 0.6 is 15.9 Å². The molecule has 0 N–H and O–H groups in total. The van der Waals surface area contributed by atoms with Gasteiger partial charge in [0, 0.05) is 10.7 Å². The van der Waals surface area contributed by atoms with E-state index in [1.54, 1.807) is 12.1 Å². The van der Waals surface area contributed by atoms with Crippen molar-refractivity contribution < 1.29 is 14.3 Å². The Kier molecular flexibility index (Phi) is 4.86. The van der Waals surface area contributed by atoms with Crippen molar-refractivity contribution in [2.45, 2.75) is 25.7 Å². The second-order valence-electron chi connectivity index (χ2n) is 5.15. The highest BCUT2D eigenvalue weighted by molar-refractivity contribution is 9.09. The van der Waals surface area contributed by atoms with Crippen LogP contribution in [-0.2, 0) is 4.74 Å². The maximum absolute atomic E-state index is 11.3. The maximum atomic E-state index is 11.3. The second-order valence-corrected chi connectivity index (χ2v) is 5.71. The van der Waals surface area contributed by atoms with E-state index in [9.17, 15) is 4.79 Å². The van der Waals surface area contributed by atoms with Gasteiger partial charge in [-0.3, -0.25) is 0 Å². The molecule has 0 saturated heterocycles. The zero-order chi connectivity index (χ0) is 13.7. The van der Waals surface area contributed by atoms with E-state index in [1.807, 2.05) is 12.1 Å². The van der Waals surface area contributed by atoms with Crippen LogP contribution in [0.4, 0.5) is 0 Å². The van der Waals surface area contributed by atoms with Crippen LogP contribution in [0.5, 0.6) is 5.75 Å². The summed E-state index contributed by atoms with van der Waals surface area (Å²) < 4.78 is 10.5. The number of alkyl halides is 1. The molecule has 19 heavy (non-hydrogen) atoms. The van der Waals surface area contributed by atoms with Crippen molar-refractivity contribution in [3.05, 3.63) is 29.8 Å². The summed E-state index contributed by atoms with van der Waals surface area (Å²) in [6.45, 7) is 0.732. The lowest BCUT2D eigenvalue weighted by Gasteiger charge is -2.26. The van der Waals surface area contributed by atoms with Crippen LogP contribution in [0.25, 0.3) is 0 Å². The summed E-state index contributed by atoms with van der Waals surface area (Å²) in [5.74, 6) is 0.485. The van der Waals surface area contributed by atoms with Crippen LogP contribution in [0.3, 0.4) is 0 Å². The number of carbonyl (C=O) groups excluding carboxylic acids is 1. The minimum atomic E-state index is -0.320. The minimum absolute atomic E-state index is 0.279. The number of benzene rings is 1. The standard InChI is InChI=1S/C15H19BrO3/c1-18-14(17)12-4-6-13(7-5-12)19-11-15(10-16)8-2-3-9-15/h4-7H,2-3,8-11H2,1H3. The number of hydrogen-bond donors (Lipinski definition) is 0. The lowest BCUT2D eigenvalue weighted by molar-refractivity contribution is 0.0600. The summed E-state index contributed by atoms with van der Waals surface area (Å²) in [7, 11) is 1.38. The zero-order valence-electron chi connectivity index (χ0n) is 11.2. The summed E-state index contributed by atoms with van der Waals surface area (Å²) in [5, 5.41) is 0.986. The molecule has 0 heterocycles. The number of methoxy groups -OCH3 is 1. The van der Waals surface area contributed by atoms with Crippen molar-refractivity contribution in [1.82, 2.24) is 0 Å². The fourth-order valence-electron chi connectivity index (χ4n) is 2.48. The first kappa shape index (κ1) is 14.4. The van der Waals surface area contributed by atoms with E-state index >= 15 is 0 Å². The van der Waals surface area contributed by atoms with E-state index in [2.05, 4.69) is 20.7 Å². The first-order chi connectivity index (χ1) is 9.19. The first-order valence-corrected chi connectivity index (χ1v) is 7.68. The van der Waals surface area contributed by atoms with Gasteiger partial charge in [-0.25, -0.2) is 4.79 Å². The van der Waals surface area contributed by atoms with Crippen molar-refractivity contribution in [2.75, 3.05) is 19.0 Å². The largest absolute Gasteiger partial charge is 0.493 e. The average molecular weight is 327 g/mol. The Morgan fingerprint density at radius 2 is 1.89 bits per heavy atom. The Balaban J connectivity index is 1.94. The fourth-order valence-corrected chi connectivity index (χ4v) is 3.21. The van der Waals surface area contributed by atoms with Crippen molar-refractivity contribution in [3.63, 3.8) is 0 Å². The molecule has 0 amide bonds. The lowest BCUT2D eigenvalue weighted by atomic mass is 9.90. The smallest absolute Gasteiger partial charge is 0.337 e. The summed E-state index contributed by atoms with van der Waals surface area (Å²) >= 11 is 3.61. The minimum Gasteiger partial charge on any atom is -0.493 e. The number of esters is 1. The molecule has 0 atom stereocenters. The van der Waals surface area contributed by atoms with Gasteiger partial charge in [-0.1, -0.05) is 28.8 Å². The first-order valence-electron chi connectivity index (χ1n) is 6.56. The van der Waals surface area contributed by atoms with Gasteiger partial charge in [0.25, 0.3) is 0 Å². The van der Waals surface area contributed by atoms with Crippen LogP contribution in [0.2, 0.25) is 0 Å². The molecule has 1 aromatic carbocycles. The Hall–Kier alpha value is -1.03. The highest BCUT2D eigenvalue weighted by atomic mass is 79.9. The van der Waals surface area contributed by atoms with E-state index in [4.69, 9.17) is 4.74 Å². The Labute approximate surface area is 122 Å². The van der Waals surface area contributed by atoms with Crippen molar-refractivity contribution in [2.24, 2.45) is 5.41 Å². The van der Waals surface area contributed by atoms with Gasteiger partial charge in [-0.2, -0.15) is 0 Å². The lowest BCUT2D eigenvalue weighted by Crippen LogP contribution is -2.26. The number of carbonyl (C=O) groups is 1. The van der Waals surface area contributed by atoms with Gasteiger partial charge in [-0.05, 0) is 37.1 Å². The van der Waals surface area contributed by atoms with E-state index in [-0.39, 0.29) is 11.4 Å².